The van der Waals surface area contributed by atoms with Gasteiger partial charge in [0.25, 0.3) is 0 Å². The third-order valence-corrected chi connectivity index (χ3v) is 4.48. The fourth-order valence-electron chi connectivity index (χ4n) is 3.26. The van der Waals surface area contributed by atoms with Crippen LogP contribution < -0.4 is 4.74 Å². The van der Waals surface area contributed by atoms with Crippen LogP contribution in [0.2, 0.25) is 0 Å². The van der Waals surface area contributed by atoms with Gasteiger partial charge in [0.05, 0.1) is 0 Å². The molecule has 2 fully saturated rings. The van der Waals surface area contributed by atoms with E-state index in [0.717, 1.165) is 32.5 Å². The topological polar surface area (TPSA) is 12.5 Å². The molecule has 0 radical (unpaired) electrons. The molecule has 0 bridgehead atoms. The summed E-state index contributed by atoms with van der Waals surface area (Å²) < 4.78 is 41.6. The summed E-state index contributed by atoms with van der Waals surface area (Å²) in [5, 5.41) is 0. The summed E-state index contributed by atoms with van der Waals surface area (Å²) in [5.41, 5.74) is 0.835. The second-order valence-electron chi connectivity index (χ2n) is 6.32. The van der Waals surface area contributed by atoms with Crippen LogP contribution in [0.5, 0.6) is 5.75 Å². The fraction of sp³-hybridized carbons (Fsp3) is 0.625. The molecule has 21 heavy (non-hydrogen) atoms. The Morgan fingerprint density at radius 2 is 1.76 bits per heavy atom. The molecule has 5 heteroatoms. The van der Waals surface area contributed by atoms with Gasteiger partial charge in [0.1, 0.15) is 5.75 Å². The van der Waals surface area contributed by atoms with Crippen molar-refractivity contribution in [2.75, 3.05) is 19.6 Å². The predicted octanol–water partition coefficient (Wildman–Crippen LogP) is 4.00. The Hall–Kier alpha value is -1.23. The summed E-state index contributed by atoms with van der Waals surface area (Å²) in [5.74, 6) is -0.0438. The Balaban J connectivity index is 1.69. The van der Waals surface area contributed by atoms with Crippen molar-refractivity contribution in [1.82, 2.24) is 4.90 Å². The molecule has 0 amide bonds. The zero-order valence-electron chi connectivity index (χ0n) is 12.0. The van der Waals surface area contributed by atoms with E-state index in [1.54, 1.807) is 18.2 Å². The number of para-hydroxylation sites is 1. The molecule has 0 unspecified atom stereocenters. The van der Waals surface area contributed by atoms with Crippen molar-refractivity contribution in [2.45, 2.75) is 38.5 Å². The Morgan fingerprint density at radius 1 is 1.10 bits per heavy atom. The fourth-order valence-corrected chi connectivity index (χ4v) is 3.26. The summed E-state index contributed by atoms with van der Waals surface area (Å²) in [6, 6.07) is 6.54. The molecular weight excluding hydrogens is 279 g/mol. The second kappa shape index (κ2) is 5.52. The van der Waals surface area contributed by atoms with E-state index in [4.69, 9.17) is 0 Å². The van der Waals surface area contributed by atoms with E-state index in [1.165, 1.54) is 18.9 Å². The number of halogens is 3. The first-order valence-corrected chi connectivity index (χ1v) is 7.52. The van der Waals surface area contributed by atoms with Crippen molar-refractivity contribution in [3.8, 4) is 5.75 Å². The average Bonchev–Trinajstić information content (AvgIpc) is 2.94. The Morgan fingerprint density at radius 3 is 2.38 bits per heavy atom. The van der Waals surface area contributed by atoms with Crippen LogP contribution in [0.25, 0.3) is 0 Å². The average molecular weight is 299 g/mol. The normalized spacial score (nSPS) is 21.5. The summed E-state index contributed by atoms with van der Waals surface area (Å²) in [6.07, 6.45) is 0.735. The minimum atomic E-state index is -4.62. The molecular formula is C16H20F3NO. The van der Waals surface area contributed by atoms with E-state index in [0.29, 0.717) is 12.0 Å². The van der Waals surface area contributed by atoms with E-state index in [-0.39, 0.29) is 11.2 Å². The second-order valence-corrected chi connectivity index (χ2v) is 6.32. The van der Waals surface area contributed by atoms with Crippen LogP contribution in [0.4, 0.5) is 13.2 Å². The number of benzene rings is 1. The third kappa shape index (κ3) is 3.90. The van der Waals surface area contributed by atoms with Crippen LogP contribution in [0.15, 0.2) is 24.3 Å². The van der Waals surface area contributed by atoms with Crippen molar-refractivity contribution in [1.29, 1.82) is 0 Å². The molecule has 3 rings (SSSR count). The van der Waals surface area contributed by atoms with E-state index in [2.05, 4.69) is 9.64 Å². The van der Waals surface area contributed by atoms with Gasteiger partial charge in [-0.15, -0.1) is 13.2 Å². The van der Waals surface area contributed by atoms with Crippen LogP contribution in [-0.4, -0.2) is 30.9 Å². The van der Waals surface area contributed by atoms with Crippen LogP contribution in [0.3, 0.4) is 0 Å². The summed E-state index contributed by atoms with van der Waals surface area (Å²) in [6.45, 7) is 3.26. The molecule has 1 aliphatic heterocycles. The summed E-state index contributed by atoms with van der Waals surface area (Å²) in [4.78, 5) is 2.44. The van der Waals surface area contributed by atoms with Gasteiger partial charge in [-0.1, -0.05) is 18.2 Å². The number of rotatable bonds is 5. The van der Waals surface area contributed by atoms with Gasteiger partial charge >= 0.3 is 6.36 Å². The lowest BCUT2D eigenvalue weighted by Gasteiger charge is -2.24. The van der Waals surface area contributed by atoms with E-state index in [1.807, 2.05) is 0 Å². The Kier molecular flexibility index (Phi) is 3.86. The van der Waals surface area contributed by atoms with E-state index >= 15 is 0 Å². The first kappa shape index (κ1) is 14.7. The maximum atomic E-state index is 12.5. The quantitative estimate of drug-likeness (QED) is 0.814. The van der Waals surface area contributed by atoms with Crippen molar-refractivity contribution >= 4 is 0 Å². The molecule has 1 aromatic rings. The first-order valence-electron chi connectivity index (χ1n) is 7.52. The highest BCUT2D eigenvalue weighted by Gasteiger charge is 2.45. The van der Waals surface area contributed by atoms with Gasteiger partial charge in [0, 0.05) is 6.54 Å². The molecule has 1 saturated carbocycles. The van der Waals surface area contributed by atoms with Crippen LogP contribution in [0.1, 0.15) is 31.2 Å². The lowest BCUT2D eigenvalue weighted by atomic mass is 9.95. The van der Waals surface area contributed by atoms with Crippen molar-refractivity contribution in [3.05, 3.63) is 29.8 Å². The van der Waals surface area contributed by atoms with Gasteiger partial charge in [0.2, 0.25) is 0 Å². The monoisotopic (exact) mass is 299 g/mol. The highest BCUT2D eigenvalue weighted by atomic mass is 19.4. The maximum Gasteiger partial charge on any atom is 0.573 e. The molecule has 0 spiro atoms. The molecule has 2 nitrogen and oxygen atoms in total. The Labute approximate surface area is 122 Å². The molecule has 2 aliphatic rings. The van der Waals surface area contributed by atoms with Gasteiger partial charge in [-0.25, -0.2) is 0 Å². The molecule has 0 aromatic heterocycles. The maximum absolute atomic E-state index is 12.5. The SMILES string of the molecule is FC(F)(F)Oc1ccccc1CC1(CN2CCCC2)CC1. The van der Waals surface area contributed by atoms with E-state index in [9.17, 15) is 13.2 Å². The number of hydrogen-bond donors (Lipinski definition) is 0. The number of alkyl halides is 3. The van der Waals surface area contributed by atoms with Crippen molar-refractivity contribution in [3.63, 3.8) is 0 Å². The lowest BCUT2D eigenvalue weighted by molar-refractivity contribution is -0.274. The molecule has 1 aliphatic carbocycles. The largest absolute Gasteiger partial charge is 0.573 e. The third-order valence-electron chi connectivity index (χ3n) is 4.48. The smallest absolute Gasteiger partial charge is 0.406 e. The van der Waals surface area contributed by atoms with Crippen LogP contribution >= 0.6 is 0 Å². The number of nitrogens with zero attached hydrogens (tertiary/aromatic N) is 1. The molecule has 1 aromatic carbocycles. The van der Waals surface area contributed by atoms with Crippen LogP contribution in [-0.2, 0) is 6.42 Å². The van der Waals surface area contributed by atoms with Crippen molar-refractivity contribution in [2.24, 2.45) is 5.41 Å². The Bertz CT molecular complexity index is 491. The number of likely N-dealkylation sites (tertiary alicyclic amines) is 1. The minimum absolute atomic E-state index is 0.0438. The molecule has 116 valence electrons. The number of ether oxygens (including phenoxy) is 1. The lowest BCUT2D eigenvalue weighted by Crippen LogP contribution is -2.29. The number of hydrogen-bond acceptors (Lipinski definition) is 2. The molecule has 1 saturated heterocycles. The molecule has 0 atom stereocenters. The summed E-state index contributed by atoms with van der Waals surface area (Å²) in [7, 11) is 0. The van der Waals surface area contributed by atoms with Crippen LogP contribution in [0, 0.1) is 5.41 Å². The van der Waals surface area contributed by atoms with Gasteiger partial charge in [-0.05, 0) is 62.2 Å². The summed E-state index contributed by atoms with van der Waals surface area (Å²) >= 11 is 0. The first-order chi connectivity index (χ1) is 9.96. The van der Waals surface area contributed by atoms with Gasteiger partial charge in [-0.2, -0.15) is 0 Å². The molecule has 1 heterocycles. The van der Waals surface area contributed by atoms with Gasteiger partial charge < -0.3 is 9.64 Å². The van der Waals surface area contributed by atoms with E-state index < -0.39 is 6.36 Å². The van der Waals surface area contributed by atoms with Crippen molar-refractivity contribution < 1.29 is 17.9 Å². The minimum Gasteiger partial charge on any atom is -0.406 e. The predicted molar refractivity (Wildman–Crippen MR) is 74.2 cm³/mol. The highest BCUT2D eigenvalue weighted by Crippen LogP contribution is 2.50. The zero-order chi connectivity index (χ0) is 14.9. The molecule has 0 N–H and O–H groups in total. The van der Waals surface area contributed by atoms with Gasteiger partial charge in [-0.3, -0.25) is 0 Å². The highest BCUT2D eigenvalue weighted by molar-refractivity contribution is 5.35. The van der Waals surface area contributed by atoms with Gasteiger partial charge in [0.15, 0.2) is 0 Å². The zero-order valence-corrected chi connectivity index (χ0v) is 12.0. The standard InChI is InChI=1S/C16H20F3NO/c17-16(18,19)21-14-6-2-1-5-13(14)11-15(7-8-15)12-20-9-3-4-10-20/h1-2,5-6H,3-4,7-12H2.